The Hall–Kier alpha value is -1.73. The minimum absolute atomic E-state index is 0. The van der Waals surface area contributed by atoms with Crippen LogP contribution in [0.15, 0.2) is 52.4 Å². The summed E-state index contributed by atoms with van der Waals surface area (Å²) in [6, 6.07) is 15.7. The number of hydrogen-bond acceptors (Lipinski definition) is 2. The van der Waals surface area contributed by atoms with Crippen LogP contribution in [-0.2, 0) is 22.9 Å². The molecule has 0 atom stereocenters. The monoisotopic (exact) mass is 658 g/mol. The first-order chi connectivity index (χ1) is 21.5. The summed E-state index contributed by atoms with van der Waals surface area (Å²) < 4.78 is 0. The Morgan fingerprint density at radius 1 is 0.444 bits per heavy atom. The zero-order valence-electron chi connectivity index (χ0n) is 30.0. The maximum atomic E-state index is 5.22. The van der Waals surface area contributed by atoms with E-state index >= 15 is 0 Å². The standard InChI is InChI=1S/C42H68N2.Ni/c1-6-9-12-13-14-15-16-17-18-19-20-21-22-23-25-26-38-29-31-39(32-30-38)43-41(27-11-8-3)42(28-24-10-7-2)44-40-34-36(4)33-37(5)35-40;/h29-35H,6-28H2,1-5H3;/b43-41+,44-42+;. The maximum Gasteiger partial charge on any atom is 0.0639 e. The fourth-order valence-corrected chi connectivity index (χ4v) is 6.18. The van der Waals surface area contributed by atoms with E-state index in [-0.39, 0.29) is 16.5 Å². The van der Waals surface area contributed by atoms with Gasteiger partial charge >= 0.3 is 0 Å². The second-order valence-corrected chi connectivity index (χ2v) is 13.4. The quantitative estimate of drug-likeness (QED) is 0.0546. The van der Waals surface area contributed by atoms with Crippen molar-refractivity contribution in [3.63, 3.8) is 0 Å². The zero-order valence-corrected chi connectivity index (χ0v) is 31.0. The van der Waals surface area contributed by atoms with Crippen LogP contribution in [0.2, 0.25) is 0 Å². The molecule has 3 heteroatoms. The largest absolute Gasteiger partial charge is 0.252 e. The Morgan fingerprint density at radius 3 is 1.33 bits per heavy atom. The van der Waals surface area contributed by atoms with Crippen LogP contribution in [0.3, 0.4) is 0 Å². The summed E-state index contributed by atoms with van der Waals surface area (Å²) in [7, 11) is 0. The van der Waals surface area contributed by atoms with Gasteiger partial charge in [-0.25, -0.2) is 0 Å². The van der Waals surface area contributed by atoms with Crippen molar-refractivity contribution in [1.29, 1.82) is 0 Å². The average molecular weight is 660 g/mol. The summed E-state index contributed by atoms with van der Waals surface area (Å²) in [5.41, 5.74) is 8.48. The van der Waals surface area contributed by atoms with Crippen LogP contribution in [0.4, 0.5) is 11.4 Å². The number of rotatable bonds is 26. The van der Waals surface area contributed by atoms with E-state index < -0.39 is 0 Å². The molecule has 2 nitrogen and oxygen atoms in total. The zero-order chi connectivity index (χ0) is 31.7. The molecule has 45 heavy (non-hydrogen) atoms. The normalized spacial score (nSPS) is 12.0. The number of aryl methyl sites for hydroxylation is 3. The van der Waals surface area contributed by atoms with Gasteiger partial charge in [-0.2, -0.15) is 0 Å². The fraction of sp³-hybridized carbons (Fsp3) is 0.667. The van der Waals surface area contributed by atoms with Crippen LogP contribution >= 0.6 is 0 Å². The molecule has 2 rings (SSSR count). The summed E-state index contributed by atoms with van der Waals surface area (Å²) in [5, 5.41) is 0. The van der Waals surface area contributed by atoms with Gasteiger partial charge in [-0.1, -0.05) is 148 Å². The van der Waals surface area contributed by atoms with Gasteiger partial charge in [-0.15, -0.1) is 0 Å². The number of benzene rings is 2. The van der Waals surface area contributed by atoms with E-state index in [0.717, 1.165) is 30.6 Å². The number of hydrogen-bond donors (Lipinski definition) is 0. The third-order valence-electron chi connectivity index (χ3n) is 8.86. The first-order valence-corrected chi connectivity index (χ1v) is 18.9. The second-order valence-electron chi connectivity index (χ2n) is 13.4. The van der Waals surface area contributed by atoms with Crippen molar-refractivity contribution >= 4 is 22.8 Å². The first kappa shape index (κ1) is 41.3. The van der Waals surface area contributed by atoms with E-state index in [1.54, 1.807) is 0 Å². The van der Waals surface area contributed by atoms with Crippen LogP contribution < -0.4 is 0 Å². The molecule has 256 valence electrons. The van der Waals surface area contributed by atoms with Crippen molar-refractivity contribution in [2.45, 2.75) is 182 Å². The maximum absolute atomic E-state index is 5.22. The van der Waals surface area contributed by atoms with Gasteiger partial charge in [0.2, 0.25) is 0 Å². The van der Waals surface area contributed by atoms with E-state index in [1.807, 2.05) is 0 Å². The molecule has 0 aliphatic rings. The van der Waals surface area contributed by atoms with Crippen LogP contribution in [0.1, 0.15) is 179 Å². The van der Waals surface area contributed by atoms with E-state index in [2.05, 4.69) is 77.1 Å². The summed E-state index contributed by atoms with van der Waals surface area (Å²) in [4.78, 5) is 10.4. The van der Waals surface area contributed by atoms with Gasteiger partial charge < -0.3 is 0 Å². The van der Waals surface area contributed by atoms with Crippen molar-refractivity contribution in [3.05, 3.63) is 59.2 Å². The summed E-state index contributed by atoms with van der Waals surface area (Å²) in [6.07, 6.45) is 30.4. The van der Waals surface area contributed by atoms with Crippen LogP contribution in [0.5, 0.6) is 0 Å². The smallest absolute Gasteiger partial charge is 0.0639 e. The van der Waals surface area contributed by atoms with Gasteiger partial charge in [0.05, 0.1) is 22.8 Å². The second kappa shape index (κ2) is 27.4. The SMILES string of the molecule is CCCCCCCCCCCCCCCCCc1ccc(/N=C(CCCC)/C(CCCCC)=N/c2cc(C)cc(C)c2)cc1.[Ni]. The molecule has 0 aliphatic carbocycles. The van der Waals surface area contributed by atoms with Crippen molar-refractivity contribution in [2.24, 2.45) is 9.98 Å². The van der Waals surface area contributed by atoms with E-state index in [9.17, 15) is 0 Å². The van der Waals surface area contributed by atoms with Crippen molar-refractivity contribution in [3.8, 4) is 0 Å². The van der Waals surface area contributed by atoms with Crippen molar-refractivity contribution < 1.29 is 16.5 Å². The number of aliphatic imine (C=N–C) groups is 2. The molecule has 0 bridgehead atoms. The van der Waals surface area contributed by atoms with Gasteiger partial charge in [0, 0.05) is 16.5 Å². The van der Waals surface area contributed by atoms with Gasteiger partial charge in [-0.05, 0) is 93.3 Å². The fourth-order valence-electron chi connectivity index (χ4n) is 6.18. The van der Waals surface area contributed by atoms with E-state index in [4.69, 9.17) is 9.98 Å². The molecule has 0 spiro atoms. The van der Waals surface area contributed by atoms with E-state index in [0.29, 0.717) is 0 Å². The average Bonchev–Trinajstić information content (AvgIpc) is 3.01. The molecule has 2 aromatic carbocycles. The topological polar surface area (TPSA) is 24.7 Å². The Kier molecular flexibility index (Phi) is 25.1. The first-order valence-electron chi connectivity index (χ1n) is 18.9. The molecule has 0 amide bonds. The molecule has 0 saturated carbocycles. The Morgan fingerprint density at radius 2 is 0.844 bits per heavy atom. The molecule has 0 aromatic heterocycles. The van der Waals surface area contributed by atoms with Gasteiger partial charge in [0.15, 0.2) is 0 Å². The molecule has 0 fully saturated rings. The van der Waals surface area contributed by atoms with Crippen molar-refractivity contribution in [1.82, 2.24) is 0 Å². The molecule has 2 aromatic rings. The van der Waals surface area contributed by atoms with Gasteiger partial charge in [0.25, 0.3) is 0 Å². The summed E-state index contributed by atoms with van der Waals surface area (Å²) in [6.45, 7) is 11.2. The molecule has 0 saturated heterocycles. The third kappa shape index (κ3) is 20.2. The van der Waals surface area contributed by atoms with E-state index in [1.165, 1.54) is 157 Å². The number of unbranched alkanes of at least 4 members (excludes halogenated alkanes) is 17. The van der Waals surface area contributed by atoms with Gasteiger partial charge in [0.1, 0.15) is 0 Å². The van der Waals surface area contributed by atoms with Crippen LogP contribution in [0, 0.1) is 13.8 Å². The number of nitrogens with zero attached hydrogens (tertiary/aromatic N) is 2. The molecule has 0 radical (unpaired) electrons. The Labute approximate surface area is 289 Å². The van der Waals surface area contributed by atoms with Crippen LogP contribution in [0.25, 0.3) is 0 Å². The van der Waals surface area contributed by atoms with Gasteiger partial charge in [-0.3, -0.25) is 9.98 Å². The third-order valence-corrected chi connectivity index (χ3v) is 8.86. The minimum Gasteiger partial charge on any atom is -0.252 e. The van der Waals surface area contributed by atoms with Crippen LogP contribution in [-0.4, -0.2) is 11.4 Å². The summed E-state index contributed by atoms with van der Waals surface area (Å²) >= 11 is 0. The predicted octanol–water partition coefficient (Wildman–Crippen LogP) is 14.3. The molecular formula is C42H68N2Ni. The molecular weight excluding hydrogens is 591 g/mol. The molecule has 0 aliphatic heterocycles. The Balaban J connectivity index is 0.0000101. The molecule has 0 unspecified atom stereocenters. The molecule has 0 N–H and O–H groups in total. The Bertz CT molecular complexity index is 1030. The summed E-state index contributed by atoms with van der Waals surface area (Å²) in [5.74, 6) is 0. The van der Waals surface area contributed by atoms with Crippen molar-refractivity contribution in [2.75, 3.05) is 0 Å². The minimum atomic E-state index is 0. The molecule has 0 heterocycles. The predicted molar refractivity (Wildman–Crippen MR) is 199 cm³/mol.